The maximum Gasteiger partial charge on any atom is 0.221 e. The van der Waals surface area contributed by atoms with E-state index in [0.29, 0.717) is 17.6 Å². The van der Waals surface area contributed by atoms with Gasteiger partial charge in [-0.1, -0.05) is 18.5 Å². The molecule has 0 saturated heterocycles. The van der Waals surface area contributed by atoms with Crippen LogP contribution < -0.4 is 4.74 Å². The Morgan fingerprint density at radius 2 is 2.00 bits per heavy atom. The van der Waals surface area contributed by atoms with Crippen LogP contribution in [0.2, 0.25) is 5.15 Å². The third-order valence-electron chi connectivity index (χ3n) is 2.34. The van der Waals surface area contributed by atoms with E-state index in [4.69, 9.17) is 16.3 Å². The van der Waals surface area contributed by atoms with Gasteiger partial charge >= 0.3 is 0 Å². The average Bonchev–Trinajstić information content (AvgIpc) is 2.24. The van der Waals surface area contributed by atoms with Gasteiger partial charge in [0.2, 0.25) is 5.88 Å². The molecule has 96 valence electrons. The zero-order chi connectivity index (χ0) is 12.8. The van der Waals surface area contributed by atoms with Gasteiger partial charge in [0, 0.05) is 18.5 Å². The fourth-order valence-electron chi connectivity index (χ4n) is 1.31. The summed E-state index contributed by atoms with van der Waals surface area (Å²) in [5.74, 6) is 1.36. The molecule has 1 aromatic heterocycles. The Morgan fingerprint density at radius 3 is 2.59 bits per heavy atom. The molecule has 17 heavy (non-hydrogen) atoms. The Bertz CT molecular complexity index is 369. The number of halogens is 1. The fourth-order valence-corrected chi connectivity index (χ4v) is 1.49. The molecule has 0 aromatic carbocycles. The molecule has 0 fully saturated rings. The molecule has 1 aromatic rings. The van der Waals surface area contributed by atoms with Crippen molar-refractivity contribution >= 4 is 11.6 Å². The van der Waals surface area contributed by atoms with E-state index in [1.54, 1.807) is 0 Å². The van der Waals surface area contributed by atoms with Gasteiger partial charge in [0.25, 0.3) is 0 Å². The maximum absolute atomic E-state index is 6.05. The second-order valence-corrected chi connectivity index (χ2v) is 4.62. The zero-order valence-electron chi connectivity index (χ0n) is 11.0. The summed E-state index contributed by atoms with van der Waals surface area (Å²) in [6.45, 7) is 5.42. The summed E-state index contributed by atoms with van der Waals surface area (Å²) in [6, 6.07) is 0. The van der Waals surface area contributed by atoms with Crippen LogP contribution in [0.1, 0.15) is 24.7 Å². The van der Waals surface area contributed by atoms with Crippen molar-refractivity contribution in [3.63, 3.8) is 0 Å². The highest BCUT2D eigenvalue weighted by Gasteiger charge is 2.10. The van der Waals surface area contributed by atoms with Gasteiger partial charge in [-0.2, -0.15) is 4.98 Å². The van der Waals surface area contributed by atoms with Gasteiger partial charge in [0.05, 0.1) is 0 Å². The molecule has 0 aliphatic carbocycles. The first-order chi connectivity index (χ1) is 8.04. The van der Waals surface area contributed by atoms with Crippen molar-refractivity contribution in [1.29, 1.82) is 0 Å². The highest BCUT2D eigenvalue weighted by Crippen LogP contribution is 2.22. The SMILES string of the molecule is CCCc1nc(Cl)c(C)c(OCCN(C)C)n1. The van der Waals surface area contributed by atoms with Crippen molar-refractivity contribution in [2.24, 2.45) is 0 Å². The highest BCUT2D eigenvalue weighted by atomic mass is 35.5. The fraction of sp³-hybridized carbons (Fsp3) is 0.667. The highest BCUT2D eigenvalue weighted by molar-refractivity contribution is 6.30. The smallest absolute Gasteiger partial charge is 0.221 e. The summed E-state index contributed by atoms with van der Waals surface area (Å²) >= 11 is 6.05. The van der Waals surface area contributed by atoms with E-state index in [-0.39, 0.29) is 0 Å². The van der Waals surface area contributed by atoms with Crippen LogP contribution in [0.25, 0.3) is 0 Å². The number of aryl methyl sites for hydroxylation is 1. The van der Waals surface area contributed by atoms with E-state index in [1.807, 2.05) is 21.0 Å². The van der Waals surface area contributed by atoms with E-state index in [9.17, 15) is 0 Å². The van der Waals surface area contributed by atoms with Gasteiger partial charge in [0.1, 0.15) is 17.6 Å². The molecule has 0 N–H and O–H groups in total. The number of rotatable bonds is 6. The summed E-state index contributed by atoms with van der Waals surface area (Å²) in [4.78, 5) is 10.7. The van der Waals surface area contributed by atoms with Crippen LogP contribution in [0.15, 0.2) is 0 Å². The van der Waals surface area contributed by atoms with E-state index < -0.39 is 0 Å². The molecule has 0 unspecified atom stereocenters. The second-order valence-electron chi connectivity index (χ2n) is 4.26. The molecular formula is C12H20ClN3O. The molecule has 0 aliphatic heterocycles. The molecule has 0 aliphatic rings. The lowest BCUT2D eigenvalue weighted by Gasteiger charge is -2.13. The van der Waals surface area contributed by atoms with Crippen LogP contribution in [0.3, 0.4) is 0 Å². The molecular weight excluding hydrogens is 238 g/mol. The lowest BCUT2D eigenvalue weighted by Crippen LogP contribution is -2.20. The minimum absolute atomic E-state index is 0.489. The number of aromatic nitrogens is 2. The molecule has 1 rings (SSSR count). The first-order valence-electron chi connectivity index (χ1n) is 5.85. The summed E-state index contributed by atoms with van der Waals surface area (Å²) < 4.78 is 5.64. The minimum Gasteiger partial charge on any atom is -0.476 e. The molecule has 0 spiro atoms. The molecule has 0 amide bonds. The van der Waals surface area contributed by atoms with E-state index in [2.05, 4.69) is 21.8 Å². The predicted octanol–water partition coefficient (Wildman–Crippen LogP) is 2.33. The van der Waals surface area contributed by atoms with Gasteiger partial charge in [0.15, 0.2) is 0 Å². The van der Waals surface area contributed by atoms with Crippen molar-refractivity contribution in [1.82, 2.24) is 14.9 Å². The first kappa shape index (κ1) is 14.2. The van der Waals surface area contributed by atoms with Crippen LogP contribution in [0, 0.1) is 6.92 Å². The summed E-state index contributed by atoms with van der Waals surface area (Å²) in [5.41, 5.74) is 0.810. The monoisotopic (exact) mass is 257 g/mol. The minimum atomic E-state index is 0.489. The number of hydrogen-bond donors (Lipinski definition) is 0. The Morgan fingerprint density at radius 1 is 1.29 bits per heavy atom. The standard InChI is InChI=1S/C12H20ClN3O/c1-5-6-10-14-11(13)9(2)12(15-10)17-8-7-16(3)4/h5-8H2,1-4H3. The van der Waals surface area contributed by atoms with Crippen molar-refractivity contribution in [3.8, 4) is 5.88 Å². The quantitative estimate of drug-likeness (QED) is 0.734. The third-order valence-corrected chi connectivity index (χ3v) is 2.71. The maximum atomic E-state index is 6.05. The van der Waals surface area contributed by atoms with Crippen molar-refractivity contribution in [2.45, 2.75) is 26.7 Å². The van der Waals surface area contributed by atoms with Crippen molar-refractivity contribution in [3.05, 3.63) is 16.5 Å². The molecule has 0 saturated carbocycles. The molecule has 5 heteroatoms. The zero-order valence-corrected chi connectivity index (χ0v) is 11.7. The molecule has 1 heterocycles. The van der Waals surface area contributed by atoms with Gasteiger partial charge in [-0.3, -0.25) is 0 Å². The van der Waals surface area contributed by atoms with Crippen molar-refractivity contribution < 1.29 is 4.74 Å². The summed E-state index contributed by atoms with van der Waals surface area (Å²) in [6.07, 6.45) is 1.82. The van der Waals surface area contributed by atoms with Gasteiger partial charge in [-0.25, -0.2) is 4.98 Å². The Kier molecular flexibility index (Phi) is 5.65. The van der Waals surface area contributed by atoms with Crippen LogP contribution in [0.4, 0.5) is 0 Å². The predicted molar refractivity (Wildman–Crippen MR) is 69.8 cm³/mol. The molecule has 0 radical (unpaired) electrons. The summed E-state index contributed by atoms with van der Waals surface area (Å²) in [5, 5.41) is 0.489. The number of nitrogens with zero attached hydrogens (tertiary/aromatic N) is 3. The number of ether oxygens (including phenoxy) is 1. The lowest BCUT2D eigenvalue weighted by atomic mass is 10.3. The average molecular weight is 258 g/mol. The summed E-state index contributed by atoms with van der Waals surface area (Å²) in [7, 11) is 4.01. The van der Waals surface area contributed by atoms with Crippen LogP contribution in [0.5, 0.6) is 5.88 Å². The number of likely N-dealkylation sites (N-methyl/N-ethyl adjacent to an activating group) is 1. The Hall–Kier alpha value is -0.870. The second kappa shape index (κ2) is 6.77. The van der Waals surface area contributed by atoms with E-state index >= 15 is 0 Å². The molecule has 0 atom stereocenters. The van der Waals surface area contributed by atoms with Gasteiger partial charge < -0.3 is 9.64 Å². The first-order valence-corrected chi connectivity index (χ1v) is 6.23. The van der Waals surface area contributed by atoms with E-state index in [0.717, 1.165) is 30.8 Å². The van der Waals surface area contributed by atoms with Crippen LogP contribution in [-0.4, -0.2) is 42.1 Å². The Labute approximate surface area is 108 Å². The Balaban J connectivity index is 2.75. The largest absolute Gasteiger partial charge is 0.476 e. The van der Waals surface area contributed by atoms with E-state index in [1.165, 1.54) is 0 Å². The van der Waals surface area contributed by atoms with Crippen molar-refractivity contribution in [2.75, 3.05) is 27.2 Å². The topological polar surface area (TPSA) is 38.2 Å². The normalized spacial score (nSPS) is 10.9. The van der Waals surface area contributed by atoms with Crippen LogP contribution >= 0.6 is 11.6 Å². The van der Waals surface area contributed by atoms with Crippen LogP contribution in [-0.2, 0) is 6.42 Å². The van der Waals surface area contributed by atoms with Gasteiger partial charge in [-0.15, -0.1) is 0 Å². The molecule has 4 nitrogen and oxygen atoms in total. The third kappa shape index (κ3) is 4.48. The lowest BCUT2D eigenvalue weighted by molar-refractivity contribution is 0.251. The molecule has 0 bridgehead atoms. The number of hydrogen-bond acceptors (Lipinski definition) is 4. The van der Waals surface area contributed by atoms with Gasteiger partial charge in [-0.05, 0) is 27.4 Å².